The summed E-state index contributed by atoms with van der Waals surface area (Å²) in [5.74, 6) is 0.643. The smallest absolute Gasteiger partial charge is 0.224 e. The van der Waals surface area contributed by atoms with Gasteiger partial charge < -0.3 is 5.32 Å². The van der Waals surface area contributed by atoms with E-state index in [1.54, 1.807) is 15.6 Å². The number of anilines is 1. The van der Waals surface area contributed by atoms with Crippen LogP contribution in [0.2, 0.25) is 0 Å². The van der Waals surface area contributed by atoms with Crippen molar-refractivity contribution in [2.75, 3.05) is 5.32 Å². The minimum absolute atomic E-state index is 0.0422. The molecular weight excluding hydrogens is 294 g/mol. The fourth-order valence-corrected chi connectivity index (χ4v) is 2.27. The van der Waals surface area contributed by atoms with Crippen molar-refractivity contribution in [1.29, 1.82) is 0 Å². The fraction of sp³-hybridized carbons (Fsp3) is 0.267. The number of rotatable bonds is 5. The molecule has 8 heteroatoms. The highest BCUT2D eigenvalue weighted by Gasteiger charge is 2.07. The van der Waals surface area contributed by atoms with Crippen LogP contribution in [0.1, 0.15) is 17.8 Å². The SMILES string of the molecule is Cc1nnnn1-c1cccc(NC(=O)CCc2cnn(C)c2)c1. The van der Waals surface area contributed by atoms with E-state index in [0.29, 0.717) is 24.4 Å². The molecule has 0 spiro atoms. The molecule has 1 N–H and O–H groups in total. The van der Waals surface area contributed by atoms with Gasteiger partial charge in [-0.25, -0.2) is 0 Å². The average Bonchev–Trinajstić information content (AvgIpc) is 3.14. The molecule has 0 saturated heterocycles. The van der Waals surface area contributed by atoms with E-state index in [1.165, 1.54) is 0 Å². The Morgan fingerprint density at radius 2 is 2.22 bits per heavy atom. The van der Waals surface area contributed by atoms with Crippen molar-refractivity contribution in [3.05, 3.63) is 48.0 Å². The lowest BCUT2D eigenvalue weighted by molar-refractivity contribution is -0.116. The third kappa shape index (κ3) is 3.60. The molecule has 118 valence electrons. The molecule has 1 aromatic carbocycles. The van der Waals surface area contributed by atoms with Gasteiger partial charge in [-0.2, -0.15) is 9.78 Å². The zero-order chi connectivity index (χ0) is 16.2. The minimum Gasteiger partial charge on any atom is -0.326 e. The van der Waals surface area contributed by atoms with Gasteiger partial charge in [0.2, 0.25) is 5.91 Å². The van der Waals surface area contributed by atoms with Gasteiger partial charge in [0.15, 0.2) is 5.82 Å². The van der Waals surface area contributed by atoms with Crippen molar-refractivity contribution in [1.82, 2.24) is 30.0 Å². The van der Waals surface area contributed by atoms with Crippen LogP contribution >= 0.6 is 0 Å². The fourth-order valence-electron chi connectivity index (χ4n) is 2.27. The summed E-state index contributed by atoms with van der Waals surface area (Å²) in [5, 5.41) is 18.4. The van der Waals surface area contributed by atoms with Crippen molar-refractivity contribution in [2.24, 2.45) is 7.05 Å². The van der Waals surface area contributed by atoms with Crippen molar-refractivity contribution in [3.8, 4) is 5.69 Å². The number of aromatic nitrogens is 6. The second-order valence-electron chi connectivity index (χ2n) is 5.26. The normalized spacial score (nSPS) is 10.7. The van der Waals surface area contributed by atoms with E-state index in [4.69, 9.17) is 0 Å². The quantitative estimate of drug-likeness (QED) is 0.766. The first kappa shape index (κ1) is 14.9. The molecule has 2 aromatic heterocycles. The van der Waals surface area contributed by atoms with Gasteiger partial charge in [0.25, 0.3) is 0 Å². The summed E-state index contributed by atoms with van der Waals surface area (Å²) in [6, 6.07) is 7.42. The van der Waals surface area contributed by atoms with Crippen molar-refractivity contribution in [2.45, 2.75) is 19.8 Å². The van der Waals surface area contributed by atoms with E-state index < -0.39 is 0 Å². The molecule has 3 aromatic rings. The molecule has 0 bridgehead atoms. The molecule has 0 aliphatic rings. The number of benzene rings is 1. The molecule has 0 aliphatic carbocycles. The van der Waals surface area contributed by atoms with Gasteiger partial charge in [0.1, 0.15) is 0 Å². The maximum absolute atomic E-state index is 12.1. The van der Waals surface area contributed by atoms with Crippen LogP contribution in [0.3, 0.4) is 0 Å². The van der Waals surface area contributed by atoms with Crippen LogP contribution in [-0.4, -0.2) is 35.9 Å². The molecule has 3 rings (SSSR count). The Bertz CT molecular complexity index is 821. The maximum Gasteiger partial charge on any atom is 0.224 e. The van der Waals surface area contributed by atoms with Crippen LogP contribution in [0, 0.1) is 6.92 Å². The van der Waals surface area contributed by atoms with Crippen molar-refractivity contribution >= 4 is 11.6 Å². The molecule has 8 nitrogen and oxygen atoms in total. The number of hydrogen-bond donors (Lipinski definition) is 1. The Morgan fingerprint density at radius 1 is 1.35 bits per heavy atom. The summed E-state index contributed by atoms with van der Waals surface area (Å²) < 4.78 is 3.34. The Labute approximate surface area is 133 Å². The Kier molecular flexibility index (Phi) is 4.13. The standard InChI is InChI=1S/C15H17N7O/c1-11-18-19-20-22(11)14-5-3-4-13(8-14)17-15(23)7-6-12-9-16-21(2)10-12/h3-5,8-10H,6-7H2,1-2H3,(H,17,23). The predicted octanol–water partition coefficient (Wildman–Crippen LogP) is 1.28. The number of tetrazole rings is 1. The molecule has 0 atom stereocenters. The van der Waals surface area contributed by atoms with E-state index in [0.717, 1.165) is 11.3 Å². The van der Waals surface area contributed by atoms with E-state index in [-0.39, 0.29) is 5.91 Å². The molecule has 0 radical (unpaired) electrons. The molecule has 0 saturated carbocycles. The Hall–Kier alpha value is -3.03. The van der Waals surface area contributed by atoms with Crippen molar-refractivity contribution < 1.29 is 4.79 Å². The first-order chi connectivity index (χ1) is 11.1. The number of nitrogens with zero attached hydrogens (tertiary/aromatic N) is 6. The Balaban J connectivity index is 1.63. The first-order valence-electron chi connectivity index (χ1n) is 7.24. The maximum atomic E-state index is 12.1. The van der Waals surface area contributed by atoms with E-state index >= 15 is 0 Å². The van der Waals surface area contributed by atoms with Gasteiger partial charge in [-0.1, -0.05) is 6.07 Å². The van der Waals surface area contributed by atoms with Crippen LogP contribution in [0.15, 0.2) is 36.7 Å². The number of aryl methyl sites for hydroxylation is 3. The van der Waals surface area contributed by atoms with Gasteiger partial charge in [-0.05, 0) is 47.5 Å². The molecule has 23 heavy (non-hydrogen) atoms. The third-order valence-corrected chi connectivity index (χ3v) is 3.40. The Morgan fingerprint density at radius 3 is 2.91 bits per heavy atom. The lowest BCUT2D eigenvalue weighted by Crippen LogP contribution is -2.12. The minimum atomic E-state index is -0.0422. The number of hydrogen-bond acceptors (Lipinski definition) is 5. The summed E-state index contributed by atoms with van der Waals surface area (Å²) in [5.41, 5.74) is 2.56. The van der Waals surface area contributed by atoms with Crippen LogP contribution in [-0.2, 0) is 18.3 Å². The van der Waals surface area contributed by atoms with E-state index in [9.17, 15) is 4.79 Å². The van der Waals surface area contributed by atoms with E-state index in [2.05, 4.69) is 25.9 Å². The number of amides is 1. The van der Waals surface area contributed by atoms with Crippen molar-refractivity contribution in [3.63, 3.8) is 0 Å². The zero-order valence-corrected chi connectivity index (χ0v) is 13.0. The van der Waals surface area contributed by atoms with Crippen LogP contribution < -0.4 is 5.32 Å². The van der Waals surface area contributed by atoms with Gasteiger partial charge in [-0.15, -0.1) is 5.10 Å². The third-order valence-electron chi connectivity index (χ3n) is 3.40. The summed E-state index contributed by atoms with van der Waals surface area (Å²) in [6.45, 7) is 1.82. The first-order valence-corrected chi connectivity index (χ1v) is 7.24. The summed E-state index contributed by atoms with van der Waals surface area (Å²) in [7, 11) is 1.86. The lowest BCUT2D eigenvalue weighted by Gasteiger charge is -2.07. The summed E-state index contributed by atoms with van der Waals surface area (Å²) in [6.07, 6.45) is 4.74. The van der Waals surface area contributed by atoms with Gasteiger partial charge in [0.05, 0.1) is 11.9 Å². The second kappa shape index (κ2) is 6.39. The van der Waals surface area contributed by atoms with E-state index in [1.807, 2.05) is 44.4 Å². The highest BCUT2D eigenvalue weighted by atomic mass is 16.1. The van der Waals surface area contributed by atoms with Gasteiger partial charge in [0, 0.05) is 25.4 Å². The topological polar surface area (TPSA) is 90.5 Å². The molecule has 2 heterocycles. The molecule has 1 amide bonds. The summed E-state index contributed by atoms with van der Waals surface area (Å²) >= 11 is 0. The van der Waals surface area contributed by atoms with Gasteiger partial charge >= 0.3 is 0 Å². The molecular formula is C15H17N7O. The monoisotopic (exact) mass is 311 g/mol. The van der Waals surface area contributed by atoms with Crippen LogP contribution in [0.5, 0.6) is 0 Å². The molecule has 0 unspecified atom stereocenters. The van der Waals surface area contributed by atoms with Crippen LogP contribution in [0.4, 0.5) is 5.69 Å². The average molecular weight is 311 g/mol. The number of carbonyl (C=O) groups is 1. The number of nitrogens with one attached hydrogen (secondary N) is 1. The predicted molar refractivity (Wildman–Crippen MR) is 84.0 cm³/mol. The second-order valence-corrected chi connectivity index (χ2v) is 5.26. The summed E-state index contributed by atoms with van der Waals surface area (Å²) in [4.78, 5) is 12.1. The van der Waals surface area contributed by atoms with Gasteiger partial charge in [-0.3, -0.25) is 9.48 Å². The highest BCUT2D eigenvalue weighted by molar-refractivity contribution is 5.91. The largest absolute Gasteiger partial charge is 0.326 e. The highest BCUT2D eigenvalue weighted by Crippen LogP contribution is 2.15. The lowest BCUT2D eigenvalue weighted by atomic mass is 10.2. The molecule has 0 aliphatic heterocycles. The molecule has 0 fully saturated rings. The zero-order valence-electron chi connectivity index (χ0n) is 13.0. The van der Waals surface area contributed by atoms with Crippen LogP contribution in [0.25, 0.3) is 5.69 Å². The number of carbonyl (C=O) groups excluding carboxylic acids is 1.